The molecule has 0 aromatic carbocycles. The second kappa shape index (κ2) is 42.6. The standard InChI is InChI=1S/C48H92O6/c1-5-7-9-11-13-15-19-24-28-32-36-40-47(50)53-43-45(42-52-46(49)39-35-31-27-23-16-14-12-10-8-6-2)54-48(51)41-37-33-29-25-21-18-17-20-22-26-30-34-38-44(3)4/h44-45H,5-43H2,1-4H3/t45-/m0/s1. The van der Waals surface area contributed by atoms with Crippen molar-refractivity contribution in [1.29, 1.82) is 0 Å². The van der Waals surface area contributed by atoms with Gasteiger partial charge in [0.2, 0.25) is 0 Å². The van der Waals surface area contributed by atoms with Crippen molar-refractivity contribution in [2.45, 2.75) is 271 Å². The van der Waals surface area contributed by atoms with Gasteiger partial charge in [-0.2, -0.15) is 0 Å². The van der Waals surface area contributed by atoms with E-state index in [4.69, 9.17) is 14.2 Å². The zero-order chi connectivity index (χ0) is 39.6. The normalized spacial score (nSPS) is 11.9. The van der Waals surface area contributed by atoms with E-state index in [0.29, 0.717) is 19.3 Å². The summed E-state index contributed by atoms with van der Waals surface area (Å²) in [5.74, 6) is -0.0199. The quantitative estimate of drug-likeness (QED) is 0.0349. The van der Waals surface area contributed by atoms with Crippen LogP contribution >= 0.6 is 0 Å². The molecule has 0 aliphatic heterocycles. The Bertz CT molecular complexity index is 811. The molecule has 0 aliphatic carbocycles. The summed E-state index contributed by atoms with van der Waals surface area (Å²) >= 11 is 0. The highest BCUT2D eigenvalue weighted by molar-refractivity contribution is 5.71. The Labute approximate surface area is 336 Å². The van der Waals surface area contributed by atoms with E-state index < -0.39 is 6.10 Å². The molecule has 0 aliphatic rings. The van der Waals surface area contributed by atoms with Crippen molar-refractivity contribution in [3.05, 3.63) is 0 Å². The van der Waals surface area contributed by atoms with Crippen LogP contribution in [0.15, 0.2) is 0 Å². The van der Waals surface area contributed by atoms with E-state index in [-0.39, 0.29) is 31.1 Å². The number of ether oxygens (including phenoxy) is 3. The average molecular weight is 765 g/mol. The molecule has 0 fully saturated rings. The van der Waals surface area contributed by atoms with Gasteiger partial charge in [0.25, 0.3) is 0 Å². The van der Waals surface area contributed by atoms with Crippen LogP contribution in [0.5, 0.6) is 0 Å². The molecule has 0 heterocycles. The van der Waals surface area contributed by atoms with Crippen LogP contribution in [0.4, 0.5) is 0 Å². The topological polar surface area (TPSA) is 78.9 Å². The van der Waals surface area contributed by atoms with Gasteiger partial charge in [-0.1, -0.05) is 227 Å². The molecule has 0 radical (unpaired) electrons. The summed E-state index contributed by atoms with van der Waals surface area (Å²) in [6, 6.07) is 0. The van der Waals surface area contributed by atoms with Gasteiger partial charge in [0.1, 0.15) is 13.2 Å². The molecule has 6 nitrogen and oxygen atoms in total. The molecule has 320 valence electrons. The van der Waals surface area contributed by atoms with E-state index in [1.54, 1.807) is 0 Å². The molecule has 0 amide bonds. The fraction of sp³-hybridized carbons (Fsp3) is 0.938. The van der Waals surface area contributed by atoms with Crippen molar-refractivity contribution in [3.8, 4) is 0 Å². The molecule has 1 atom stereocenters. The van der Waals surface area contributed by atoms with Gasteiger partial charge in [0, 0.05) is 19.3 Å². The SMILES string of the molecule is CCCCCCCCCCCCCC(=O)OC[C@H](COC(=O)CCCCCCCCCCCC)OC(=O)CCCCCCCCCCCCCCC(C)C. The van der Waals surface area contributed by atoms with Crippen LogP contribution in [-0.2, 0) is 28.6 Å². The third-order valence-corrected chi connectivity index (χ3v) is 10.8. The Morgan fingerprint density at radius 1 is 0.352 bits per heavy atom. The van der Waals surface area contributed by atoms with Gasteiger partial charge in [0.05, 0.1) is 0 Å². The van der Waals surface area contributed by atoms with Crippen LogP contribution in [0.1, 0.15) is 265 Å². The van der Waals surface area contributed by atoms with Gasteiger partial charge in [0.15, 0.2) is 6.10 Å². The van der Waals surface area contributed by atoms with E-state index in [1.165, 1.54) is 161 Å². The maximum Gasteiger partial charge on any atom is 0.306 e. The monoisotopic (exact) mass is 765 g/mol. The molecule has 0 bridgehead atoms. The Kier molecular flexibility index (Phi) is 41.3. The Morgan fingerprint density at radius 3 is 0.907 bits per heavy atom. The van der Waals surface area contributed by atoms with Crippen molar-refractivity contribution < 1.29 is 28.6 Å². The highest BCUT2D eigenvalue weighted by Gasteiger charge is 2.19. The smallest absolute Gasteiger partial charge is 0.306 e. The van der Waals surface area contributed by atoms with Crippen LogP contribution in [0.2, 0.25) is 0 Å². The lowest BCUT2D eigenvalue weighted by Gasteiger charge is -2.18. The molecular weight excluding hydrogens is 673 g/mol. The molecule has 6 heteroatoms. The fourth-order valence-corrected chi connectivity index (χ4v) is 7.16. The number of hydrogen-bond donors (Lipinski definition) is 0. The van der Waals surface area contributed by atoms with Crippen LogP contribution in [0.25, 0.3) is 0 Å². The Balaban J connectivity index is 4.31. The molecule has 0 aromatic rings. The van der Waals surface area contributed by atoms with Crippen molar-refractivity contribution >= 4 is 17.9 Å². The van der Waals surface area contributed by atoms with Crippen molar-refractivity contribution in [3.63, 3.8) is 0 Å². The maximum absolute atomic E-state index is 12.7. The van der Waals surface area contributed by atoms with Crippen LogP contribution in [0.3, 0.4) is 0 Å². The zero-order valence-electron chi connectivity index (χ0n) is 36.7. The van der Waals surface area contributed by atoms with E-state index in [0.717, 1.165) is 63.7 Å². The number of hydrogen-bond acceptors (Lipinski definition) is 6. The third-order valence-electron chi connectivity index (χ3n) is 10.8. The van der Waals surface area contributed by atoms with E-state index >= 15 is 0 Å². The highest BCUT2D eigenvalue weighted by Crippen LogP contribution is 2.16. The first kappa shape index (κ1) is 52.4. The van der Waals surface area contributed by atoms with Crippen LogP contribution in [0, 0.1) is 5.92 Å². The summed E-state index contributed by atoms with van der Waals surface area (Å²) in [5.41, 5.74) is 0. The molecule has 0 unspecified atom stereocenters. The molecular formula is C48H92O6. The second-order valence-corrected chi connectivity index (χ2v) is 16.9. The lowest BCUT2D eigenvalue weighted by molar-refractivity contribution is -0.167. The molecule has 0 rings (SSSR count). The summed E-state index contributed by atoms with van der Waals surface area (Å²) < 4.78 is 16.7. The van der Waals surface area contributed by atoms with E-state index in [1.807, 2.05) is 0 Å². The minimum absolute atomic E-state index is 0.0634. The summed E-state index contributed by atoms with van der Waals surface area (Å²) in [6.07, 6.45) is 42.2. The van der Waals surface area contributed by atoms with E-state index in [9.17, 15) is 14.4 Å². The minimum atomic E-state index is -0.759. The minimum Gasteiger partial charge on any atom is -0.462 e. The molecule has 0 spiro atoms. The second-order valence-electron chi connectivity index (χ2n) is 16.9. The van der Waals surface area contributed by atoms with Gasteiger partial charge in [-0.15, -0.1) is 0 Å². The fourth-order valence-electron chi connectivity index (χ4n) is 7.16. The first-order valence-electron chi connectivity index (χ1n) is 23.9. The molecule has 0 aromatic heterocycles. The number of rotatable bonds is 43. The van der Waals surface area contributed by atoms with Crippen molar-refractivity contribution in [1.82, 2.24) is 0 Å². The Hall–Kier alpha value is -1.59. The summed E-state index contributed by atoms with van der Waals surface area (Å²) in [7, 11) is 0. The summed E-state index contributed by atoms with van der Waals surface area (Å²) in [5, 5.41) is 0. The number of carbonyl (C=O) groups excluding carboxylic acids is 3. The maximum atomic E-state index is 12.7. The van der Waals surface area contributed by atoms with Gasteiger partial charge >= 0.3 is 17.9 Å². The number of esters is 3. The lowest BCUT2D eigenvalue weighted by Crippen LogP contribution is -2.30. The molecule has 54 heavy (non-hydrogen) atoms. The van der Waals surface area contributed by atoms with E-state index in [2.05, 4.69) is 27.7 Å². The third kappa shape index (κ3) is 41.6. The molecule has 0 saturated heterocycles. The predicted molar refractivity (Wildman–Crippen MR) is 229 cm³/mol. The average Bonchev–Trinajstić information content (AvgIpc) is 3.15. The number of unbranched alkanes of at least 4 members (excludes halogenated alkanes) is 30. The van der Waals surface area contributed by atoms with Crippen molar-refractivity contribution in [2.24, 2.45) is 5.92 Å². The van der Waals surface area contributed by atoms with Crippen LogP contribution in [-0.4, -0.2) is 37.2 Å². The van der Waals surface area contributed by atoms with Gasteiger partial charge in [-0.25, -0.2) is 0 Å². The highest BCUT2D eigenvalue weighted by atomic mass is 16.6. The first-order chi connectivity index (χ1) is 26.4. The van der Waals surface area contributed by atoms with Gasteiger partial charge in [-0.05, 0) is 25.2 Å². The first-order valence-corrected chi connectivity index (χ1v) is 23.9. The Morgan fingerprint density at radius 2 is 0.611 bits per heavy atom. The lowest BCUT2D eigenvalue weighted by atomic mass is 10.0. The molecule has 0 N–H and O–H groups in total. The zero-order valence-corrected chi connectivity index (χ0v) is 36.7. The van der Waals surface area contributed by atoms with Gasteiger partial charge in [-0.3, -0.25) is 14.4 Å². The molecule has 0 saturated carbocycles. The number of carbonyl (C=O) groups is 3. The van der Waals surface area contributed by atoms with Crippen LogP contribution < -0.4 is 0 Å². The van der Waals surface area contributed by atoms with Crippen molar-refractivity contribution in [2.75, 3.05) is 13.2 Å². The van der Waals surface area contributed by atoms with Gasteiger partial charge < -0.3 is 14.2 Å². The summed E-state index contributed by atoms with van der Waals surface area (Å²) in [6.45, 7) is 8.99. The largest absolute Gasteiger partial charge is 0.462 e. The summed E-state index contributed by atoms with van der Waals surface area (Å²) in [4.78, 5) is 37.7. The predicted octanol–water partition coefficient (Wildman–Crippen LogP) is 15.1.